The van der Waals surface area contributed by atoms with Crippen molar-refractivity contribution in [2.45, 2.75) is 31.6 Å². The largest absolute Gasteiger partial charge is 0.316 e. The number of benzene rings is 1. The highest BCUT2D eigenvalue weighted by molar-refractivity contribution is 5.32. The Morgan fingerprint density at radius 2 is 1.94 bits per heavy atom. The Kier molecular flexibility index (Phi) is 2.49. The number of hydrogen-bond acceptors (Lipinski definition) is 1. The van der Waals surface area contributed by atoms with E-state index >= 15 is 0 Å². The summed E-state index contributed by atoms with van der Waals surface area (Å²) in [6, 6.07) is 3.87. The number of hydrogen-bond donors (Lipinski definition) is 1. The van der Waals surface area contributed by atoms with E-state index in [0.717, 1.165) is 38.9 Å². The van der Waals surface area contributed by atoms with Crippen LogP contribution in [-0.2, 0) is 5.92 Å². The fourth-order valence-corrected chi connectivity index (χ4v) is 3.10. The second-order valence-electron chi connectivity index (χ2n) is 5.83. The molecule has 1 heterocycles. The zero-order valence-corrected chi connectivity index (χ0v) is 10.3. The Labute approximate surface area is 104 Å². The van der Waals surface area contributed by atoms with Crippen molar-refractivity contribution in [3.05, 3.63) is 35.1 Å². The fraction of sp³-hybridized carbons (Fsp3) is 0.571. The van der Waals surface area contributed by atoms with Crippen LogP contribution >= 0.6 is 0 Å². The second kappa shape index (κ2) is 3.73. The van der Waals surface area contributed by atoms with Gasteiger partial charge >= 0.3 is 0 Å². The predicted octanol–water partition coefficient (Wildman–Crippen LogP) is 3.40. The van der Waals surface area contributed by atoms with Gasteiger partial charge in [0.05, 0.1) is 0 Å². The van der Waals surface area contributed by atoms with Gasteiger partial charge in [0.25, 0.3) is 5.92 Å². The third-order valence-electron chi connectivity index (χ3n) is 4.31. The molecule has 0 unspecified atom stereocenters. The first-order valence-electron chi connectivity index (χ1n) is 6.28. The van der Waals surface area contributed by atoms with Crippen molar-refractivity contribution >= 4 is 0 Å². The first-order chi connectivity index (χ1) is 8.40. The molecule has 1 aliphatic carbocycles. The number of halogens is 3. The van der Waals surface area contributed by atoms with Crippen molar-refractivity contribution in [2.75, 3.05) is 13.1 Å². The van der Waals surface area contributed by atoms with Gasteiger partial charge in [-0.05, 0) is 35.8 Å². The molecule has 18 heavy (non-hydrogen) atoms. The number of alkyl halides is 2. The topological polar surface area (TPSA) is 12.0 Å². The summed E-state index contributed by atoms with van der Waals surface area (Å²) in [5.41, 5.74) is 0.716. The van der Waals surface area contributed by atoms with Crippen molar-refractivity contribution in [1.82, 2.24) is 5.32 Å². The highest BCUT2D eigenvalue weighted by Crippen LogP contribution is 2.53. The summed E-state index contributed by atoms with van der Waals surface area (Å²) in [5.74, 6) is -3.26. The lowest BCUT2D eigenvalue weighted by molar-refractivity contribution is 0.0167. The minimum atomic E-state index is -2.97. The fourth-order valence-electron chi connectivity index (χ4n) is 3.10. The van der Waals surface area contributed by atoms with Crippen LogP contribution in [-0.4, -0.2) is 13.1 Å². The molecule has 3 rings (SSSR count). The highest BCUT2D eigenvalue weighted by Gasteiger charge is 2.49. The first-order valence-corrected chi connectivity index (χ1v) is 6.28. The van der Waals surface area contributed by atoms with Gasteiger partial charge in [-0.2, -0.15) is 0 Å². The standard InChI is InChI=1S/C14H16F3N/c1-13(16,17)10-2-3-11(12(15)4-10)9-5-14(6-9)7-18-8-14/h2-4,9,18H,5-8H2,1H3. The maximum atomic E-state index is 13.9. The molecule has 98 valence electrons. The Morgan fingerprint density at radius 3 is 2.39 bits per heavy atom. The zero-order chi connectivity index (χ0) is 13.0. The van der Waals surface area contributed by atoms with Crippen molar-refractivity contribution in [2.24, 2.45) is 5.41 Å². The number of rotatable bonds is 2. The van der Waals surface area contributed by atoms with Gasteiger partial charge < -0.3 is 5.32 Å². The summed E-state index contributed by atoms with van der Waals surface area (Å²) in [6.07, 6.45) is 1.94. The minimum absolute atomic E-state index is 0.201. The number of nitrogens with one attached hydrogen (secondary N) is 1. The monoisotopic (exact) mass is 255 g/mol. The maximum Gasteiger partial charge on any atom is 0.270 e. The molecule has 1 aromatic carbocycles. The highest BCUT2D eigenvalue weighted by atomic mass is 19.3. The molecule has 4 heteroatoms. The van der Waals surface area contributed by atoms with Crippen LogP contribution in [0.4, 0.5) is 13.2 Å². The van der Waals surface area contributed by atoms with E-state index in [1.165, 1.54) is 12.1 Å². The van der Waals surface area contributed by atoms with Crippen LogP contribution in [0.1, 0.15) is 36.8 Å². The van der Waals surface area contributed by atoms with Gasteiger partial charge in [0.2, 0.25) is 0 Å². The second-order valence-corrected chi connectivity index (χ2v) is 5.83. The molecule has 0 amide bonds. The summed E-state index contributed by atoms with van der Waals surface area (Å²) in [4.78, 5) is 0. The SMILES string of the molecule is CC(F)(F)c1ccc(C2CC3(CNC3)C2)c(F)c1. The minimum Gasteiger partial charge on any atom is -0.316 e. The van der Waals surface area contributed by atoms with E-state index in [4.69, 9.17) is 0 Å². The third-order valence-corrected chi connectivity index (χ3v) is 4.31. The van der Waals surface area contributed by atoms with Crippen molar-refractivity contribution in [3.63, 3.8) is 0 Å². The van der Waals surface area contributed by atoms with Gasteiger partial charge in [-0.25, -0.2) is 13.2 Å². The lowest BCUT2D eigenvalue weighted by Gasteiger charge is -2.54. The first kappa shape index (κ1) is 12.0. The van der Waals surface area contributed by atoms with Gasteiger partial charge in [0, 0.05) is 25.6 Å². The molecule has 0 radical (unpaired) electrons. The molecule has 2 fully saturated rings. The van der Waals surface area contributed by atoms with E-state index in [2.05, 4.69) is 5.32 Å². The van der Waals surface area contributed by atoms with Crippen molar-refractivity contribution in [1.29, 1.82) is 0 Å². The molecule has 1 N–H and O–H groups in total. The Bertz CT molecular complexity index is 466. The molecular weight excluding hydrogens is 239 g/mol. The molecule has 0 atom stereocenters. The van der Waals surface area contributed by atoms with Crippen LogP contribution in [0.5, 0.6) is 0 Å². The van der Waals surface area contributed by atoms with Crippen LogP contribution < -0.4 is 5.32 Å². The summed E-state index contributed by atoms with van der Waals surface area (Å²) in [6.45, 7) is 2.81. The molecule has 1 aliphatic heterocycles. The summed E-state index contributed by atoms with van der Waals surface area (Å²) < 4.78 is 40.0. The molecule has 0 aromatic heterocycles. The van der Waals surface area contributed by atoms with E-state index in [9.17, 15) is 13.2 Å². The lowest BCUT2D eigenvalue weighted by Crippen LogP contribution is -2.59. The summed E-state index contributed by atoms with van der Waals surface area (Å²) >= 11 is 0. The van der Waals surface area contributed by atoms with Crippen LogP contribution in [0.3, 0.4) is 0 Å². The molecule has 1 aromatic rings. The molecule has 1 spiro atoms. The van der Waals surface area contributed by atoms with Gasteiger partial charge in [0.1, 0.15) is 5.82 Å². The molecule has 1 saturated heterocycles. The lowest BCUT2D eigenvalue weighted by atomic mass is 9.57. The third kappa shape index (κ3) is 1.83. The van der Waals surface area contributed by atoms with Crippen molar-refractivity contribution in [3.8, 4) is 0 Å². The van der Waals surface area contributed by atoms with Crippen molar-refractivity contribution < 1.29 is 13.2 Å². The Balaban J connectivity index is 1.78. The van der Waals surface area contributed by atoms with E-state index in [1.807, 2.05) is 0 Å². The average molecular weight is 255 g/mol. The van der Waals surface area contributed by atoms with Crippen LogP contribution in [0.25, 0.3) is 0 Å². The summed E-state index contributed by atoms with van der Waals surface area (Å²) in [5, 5.41) is 3.23. The Hall–Kier alpha value is -1.03. The normalized spacial score (nSPS) is 22.7. The molecule has 2 aliphatic rings. The maximum absolute atomic E-state index is 13.9. The van der Waals surface area contributed by atoms with Gasteiger partial charge in [-0.15, -0.1) is 0 Å². The Morgan fingerprint density at radius 1 is 1.28 bits per heavy atom. The smallest absolute Gasteiger partial charge is 0.270 e. The van der Waals surface area contributed by atoms with Gasteiger partial charge in [-0.3, -0.25) is 0 Å². The zero-order valence-electron chi connectivity index (χ0n) is 10.3. The van der Waals surface area contributed by atoms with E-state index in [-0.39, 0.29) is 11.5 Å². The molecule has 1 saturated carbocycles. The summed E-state index contributed by atoms with van der Waals surface area (Å²) in [7, 11) is 0. The van der Waals surface area contributed by atoms with Crippen LogP contribution in [0, 0.1) is 11.2 Å². The van der Waals surface area contributed by atoms with Crippen LogP contribution in [0.2, 0.25) is 0 Å². The average Bonchev–Trinajstić information content (AvgIpc) is 2.14. The van der Waals surface area contributed by atoms with E-state index in [1.54, 1.807) is 0 Å². The molecule has 0 bridgehead atoms. The van der Waals surface area contributed by atoms with Crippen LogP contribution in [0.15, 0.2) is 18.2 Å². The van der Waals surface area contributed by atoms with Gasteiger partial charge in [0.15, 0.2) is 0 Å². The van der Waals surface area contributed by atoms with Gasteiger partial charge in [-0.1, -0.05) is 12.1 Å². The molecular formula is C14H16F3N. The predicted molar refractivity (Wildman–Crippen MR) is 63.2 cm³/mol. The van der Waals surface area contributed by atoms with E-state index < -0.39 is 11.7 Å². The van der Waals surface area contributed by atoms with E-state index in [0.29, 0.717) is 11.0 Å². The molecule has 1 nitrogen and oxygen atoms in total. The quantitative estimate of drug-likeness (QED) is 0.854.